The largest absolute Gasteiger partial charge is 0.299 e. The number of nitrogens with zero attached hydrogens (tertiary/aromatic N) is 2. The Hall–Kier alpha value is -1.75. The fourth-order valence-corrected chi connectivity index (χ4v) is 3.32. The van der Waals surface area contributed by atoms with Crippen molar-refractivity contribution >= 4 is 23.5 Å². The zero-order valence-electron chi connectivity index (χ0n) is 12.3. The van der Waals surface area contributed by atoms with Crippen molar-refractivity contribution in [2.24, 2.45) is 4.99 Å². The summed E-state index contributed by atoms with van der Waals surface area (Å²) >= 11 is 5.84. The lowest BCUT2D eigenvalue weighted by Crippen LogP contribution is -2.43. The average molecular weight is 313 g/mol. The number of aromatic nitrogens is 1. The van der Waals surface area contributed by atoms with Crippen molar-refractivity contribution in [3.8, 4) is 0 Å². The van der Waals surface area contributed by atoms with Crippen LogP contribution in [0.25, 0.3) is 0 Å². The number of aryl methyl sites for hydroxylation is 1. The van der Waals surface area contributed by atoms with Crippen LogP contribution in [0.1, 0.15) is 16.7 Å². The second kappa shape index (κ2) is 5.16. The van der Waals surface area contributed by atoms with Crippen molar-refractivity contribution in [2.45, 2.75) is 25.0 Å². The lowest BCUT2D eigenvalue weighted by molar-refractivity contribution is 0.494. The first-order chi connectivity index (χ1) is 10.6. The smallest absolute Gasteiger partial charge is 0.129 e. The van der Waals surface area contributed by atoms with Crippen LogP contribution in [0.15, 0.2) is 41.5 Å². The fraction of sp³-hybridized carbons (Fsp3) is 0.294. The monoisotopic (exact) mass is 312 g/mol. The number of pyridine rings is 1. The van der Waals surface area contributed by atoms with Crippen LogP contribution >= 0.6 is 11.6 Å². The molecule has 1 fully saturated rings. The molecule has 1 aromatic heterocycles. The lowest BCUT2D eigenvalue weighted by atomic mass is 9.92. The third kappa shape index (κ3) is 2.33. The highest BCUT2D eigenvalue weighted by Gasteiger charge is 2.42. The molecule has 2 atom stereocenters. The van der Waals surface area contributed by atoms with Gasteiger partial charge in [-0.1, -0.05) is 35.4 Å². The third-order valence-corrected chi connectivity index (χ3v) is 4.57. The van der Waals surface area contributed by atoms with E-state index in [2.05, 4.69) is 45.7 Å². The fourth-order valence-electron chi connectivity index (χ4n) is 3.21. The zero-order valence-corrected chi connectivity index (χ0v) is 13.1. The van der Waals surface area contributed by atoms with Gasteiger partial charge in [-0.3, -0.25) is 15.6 Å². The normalized spacial score (nSPS) is 25.8. The molecule has 0 bridgehead atoms. The second-order valence-corrected chi connectivity index (χ2v) is 6.41. The van der Waals surface area contributed by atoms with E-state index in [4.69, 9.17) is 11.6 Å². The van der Waals surface area contributed by atoms with Crippen LogP contribution in [0.5, 0.6) is 0 Å². The van der Waals surface area contributed by atoms with Gasteiger partial charge in [0.05, 0.1) is 17.4 Å². The van der Waals surface area contributed by atoms with Gasteiger partial charge in [0.15, 0.2) is 0 Å². The second-order valence-electron chi connectivity index (χ2n) is 6.02. The predicted octanol–water partition coefficient (Wildman–Crippen LogP) is 2.72. The van der Waals surface area contributed by atoms with Crippen molar-refractivity contribution in [2.75, 3.05) is 6.54 Å². The van der Waals surface area contributed by atoms with Gasteiger partial charge < -0.3 is 0 Å². The van der Waals surface area contributed by atoms with Gasteiger partial charge in [0.2, 0.25) is 0 Å². The number of halogens is 1. The summed E-state index contributed by atoms with van der Waals surface area (Å²) in [6.45, 7) is 2.96. The molecule has 22 heavy (non-hydrogen) atoms. The molecule has 4 rings (SSSR count). The van der Waals surface area contributed by atoms with Gasteiger partial charge in [0, 0.05) is 30.9 Å². The maximum absolute atomic E-state index is 5.84. The van der Waals surface area contributed by atoms with Crippen molar-refractivity contribution < 1.29 is 0 Å². The number of hydrogen-bond donors (Lipinski definition) is 2. The van der Waals surface area contributed by atoms with Crippen LogP contribution < -0.4 is 10.6 Å². The maximum Gasteiger partial charge on any atom is 0.129 e. The topological polar surface area (TPSA) is 49.3 Å². The van der Waals surface area contributed by atoms with E-state index in [-0.39, 0.29) is 11.7 Å². The van der Waals surface area contributed by atoms with E-state index in [1.54, 1.807) is 0 Å². The highest BCUT2D eigenvalue weighted by Crippen LogP contribution is 2.37. The molecule has 0 amide bonds. The molecule has 2 aromatic rings. The molecule has 2 N–H and O–H groups in total. The minimum atomic E-state index is -0.189. The van der Waals surface area contributed by atoms with Crippen molar-refractivity contribution in [3.63, 3.8) is 0 Å². The number of aliphatic imine (C=N–C) groups is 1. The summed E-state index contributed by atoms with van der Waals surface area (Å²) in [7, 11) is 0. The van der Waals surface area contributed by atoms with Crippen LogP contribution in [0.2, 0.25) is 5.15 Å². The molecule has 0 saturated carbocycles. The van der Waals surface area contributed by atoms with Gasteiger partial charge in [-0.2, -0.15) is 0 Å². The first kappa shape index (κ1) is 13.9. The van der Waals surface area contributed by atoms with Crippen LogP contribution in [0, 0.1) is 6.92 Å². The zero-order chi connectivity index (χ0) is 15.2. The number of benzene rings is 1. The third-order valence-electron chi connectivity index (χ3n) is 4.34. The molecule has 3 heterocycles. The number of fused-ring (bicyclic) bond motifs is 2. The summed E-state index contributed by atoms with van der Waals surface area (Å²) in [5.74, 6) is 0. The van der Waals surface area contributed by atoms with Gasteiger partial charge >= 0.3 is 0 Å². The van der Waals surface area contributed by atoms with Crippen molar-refractivity contribution in [1.82, 2.24) is 15.6 Å². The quantitative estimate of drug-likeness (QED) is 0.838. The maximum atomic E-state index is 5.84. The van der Waals surface area contributed by atoms with Gasteiger partial charge in [-0.15, -0.1) is 0 Å². The highest BCUT2D eigenvalue weighted by molar-refractivity contribution is 6.29. The molecule has 1 unspecified atom stereocenters. The minimum Gasteiger partial charge on any atom is -0.299 e. The predicted molar refractivity (Wildman–Crippen MR) is 88.9 cm³/mol. The van der Waals surface area contributed by atoms with Crippen LogP contribution in [-0.4, -0.2) is 23.9 Å². The molecule has 1 saturated heterocycles. The van der Waals surface area contributed by atoms with E-state index in [9.17, 15) is 0 Å². The summed E-state index contributed by atoms with van der Waals surface area (Å²) in [4.78, 5) is 8.71. The molecule has 0 aliphatic carbocycles. The first-order valence-electron chi connectivity index (χ1n) is 7.42. The van der Waals surface area contributed by atoms with E-state index in [0.717, 1.165) is 24.2 Å². The van der Waals surface area contributed by atoms with Gasteiger partial charge in [-0.25, -0.2) is 4.98 Å². The van der Waals surface area contributed by atoms with Crippen LogP contribution in [0.3, 0.4) is 0 Å². The summed E-state index contributed by atoms with van der Waals surface area (Å²) in [5, 5.41) is 7.77. The molecule has 4 nitrogen and oxygen atoms in total. The molecular formula is C17H17ClN4. The number of nitrogens with one attached hydrogen (secondary N) is 2. The Morgan fingerprint density at radius 3 is 3.05 bits per heavy atom. The molecule has 2 aliphatic heterocycles. The molecule has 112 valence electrons. The van der Waals surface area contributed by atoms with Crippen LogP contribution in [0.4, 0.5) is 5.69 Å². The Kier molecular flexibility index (Phi) is 3.26. The minimum absolute atomic E-state index is 0.189. The summed E-state index contributed by atoms with van der Waals surface area (Å²) in [5.41, 5.74) is 4.55. The Bertz CT molecular complexity index is 741. The van der Waals surface area contributed by atoms with E-state index in [1.165, 1.54) is 11.1 Å². The van der Waals surface area contributed by atoms with Crippen molar-refractivity contribution in [1.29, 1.82) is 0 Å². The summed E-state index contributed by atoms with van der Waals surface area (Å²) in [6.07, 6.45) is 4.92. The Morgan fingerprint density at radius 2 is 2.23 bits per heavy atom. The molecule has 2 aliphatic rings. The van der Waals surface area contributed by atoms with Gasteiger partial charge in [-0.05, 0) is 24.6 Å². The number of hydrogen-bond acceptors (Lipinski definition) is 4. The average Bonchev–Trinajstić information content (AvgIpc) is 3.08. The summed E-state index contributed by atoms with van der Waals surface area (Å²) in [6, 6.07) is 10.3. The molecular weight excluding hydrogens is 296 g/mol. The van der Waals surface area contributed by atoms with Gasteiger partial charge in [0.1, 0.15) is 5.15 Å². The Labute approximate surface area is 134 Å². The standard InChI is InChI=1S/C17H17ClN4/c1-11-2-4-14-13(6-11)17(9-20-14)10-21-16(22-17)7-12-3-5-15(18)19-8-12/h2-6,8-9,16,21-22H,7,10H2,1H3/t16-,17?/m1/s1. The Balaban J connectivity index is 1.55. The first-order valence-corrected chi connectivity index (χ1v) is 7.80. The van der Waals surface area contributed by atoms with Crippen LogP contribution in [-0.2, 0) is 12.0 Å². The van der Waals surface area contributed by atoms with E-state index in [0.29, 0.717) is 5.15 Å². The highest BCUT2D eigenvalue weighted by atomic mass is 35.5. The van der Waals surface area contributed by atoms with Gasteiger partial charge in [0.25, 0.3) is 0 Å². The SMILES string of the molecule is Cc1ccc2c(c1)C1(C=N2)CN[C@@H](Cc2ccc(Cl)nc2)N1. The lowest BCUT2D eigenvalue weighted by Gasteiger charge is -2.23. The molecule has 5 heteroatoms. The number of rotatable bonds is 2. The molecule has 0 radical (unpaired) electrons. The molecule has 1 aromatic carbocycles. The van der Waals surface area contributed by atoms with Crippen molar-refractivity contribution in [3.05, 3.63) is 58.4 Å². The summed E-state index contributed by atoms with van der Waals surface area (Å²) < 4.78 is 0. The van der Waals surface area contributed by atoms with E-state index < -0.39 is 0 Å². The van der Waals surface area contributed by atoms with E-state index >= 15 is 0 Å². The van der Waals surface area contributed by atoms with E-state index in [1.807, 2.05) is 24.5 Å². The molecule has 1 spiro atoms. The Morgan fingerprint density at radius 1 is 1.32 bits per heavy atom.